The lowest BCUT2D eigenvalue weighted by atomic mass is 10.1. The molecule has 0 saturated heterocycles. The fraction of sp³-hybridized carbons (Fsp3) is 0.190. The highest BCUT2D eigenvalue weighted by Gasteiger charge is 2.34. The average molecular weight is 415 g/mol. The monoisotopic (exact) mass is 415 g/mol. The Bertz CT molecular complexity index is 1050. The number of carbonyl (C=O) groups is 1. The minimum atomic E-state index is -4.61. The number of nitrogens with one attached hydrogen (secondary N) is 2. The van der Waals surface area contributed by atoms with Gasteiger partial charge in [0.05, 0.1) is 11.1 Å². The van der Waals surface area contributed by atoms with Crippen LogP contribution in [0, 0.1) is 6.92 Å². The number of alkyl halides is 3. The number of carbonyl (C=O) groups excluding carboxylic acids is 1. The summed E-state index contributed by atoms with van der Waals surface area (Å²) in [6.07, 6.45) is -4.61. The lowest BCUT2D eigenvalue weighted by Gasteiger charge is -2.14. The van der Waals surface area contributed by atoms with Crippen LogP contribution in [0.15, 0.2) is 54.6 Å². The second-order valence-electron chi connectivity index (χ2n) is 6.75. The molecule has 30 heavy (non-hydrogen) atoms. The molecule has 6 nitrogen and oxygen atoms in total. The molecule has 0 fully saturated rings. The van der Waals surface area contributed by atoms with E-state index in [2.05, 4.69) is 20.6 Å². The van der Waals surface area contributed by atoms with Crippen molar-refractivity contribution in [3.8, 4) is 0 Å². The zero-order valence-electron chi connectivity index (χ0n) is 16.6. The Kier molecular flexibility index (Phi) is 5.91. The Hall–Kier alpha value is -3.62. The van der Waals surface area contributed by atoms with Crippen LogP contribution < -0.4 is 15.5 Å². The highest BCUT2D eigenvalue weighted by Crippen LogP contribution is 2.32. The van der Waals surface area contributed by atoms with Gasteiger partial charge in [-0.05, 0) is 43.3 Å². The van der Waals surface area contributed by atoms with Crippen LogP contribution in [-0.4, -0.2) is 30.0 Å². The second-order valence-corrected chi connectivity index (χ2v) is 6.75. The quantitative estimate of drug-likeness (QED) is 0.623. The van der Waals surface area contributed by atoms with E-state index < -0.39 is 23.2 Å². The first kappa shape index (κ1) is 21.1. The van der Waals surface area contributed by atoms with Crippen molar-refractivity contribution in [2.45, 2.75) is 13.1 Å². The van der Waals surface area contributed by atoms with Gasteiger partial charge in [-0.1, -0.05) is 12.1 Å². The smallest absolute Gasteiger partial charge is 0.363 e. The molecule has 0 spiro atoms. The van der Waals surface area contributed by atoms with Gasteiger partial charge in [-0.15, -0.1) is 0 Å². The van der Waals surface area contributed by atoms with Crippen LogP contribution in [0.25, 0.3) is 0 Å². The molecular formula is C21H20F3N5O. The van der Waals surface area contributed by atoms with Gasteiger partial charge in [-0.2, -0.15) is 13.2 Å². The van der Waals surface area contributed by atoms with E-state index in [4.69, 9.17) is 0 Å². The second kappa shape index (κ2) is 8.40. The van der Waals surface area contributed by atoms with Crippen LogP contribution in [0.3, 0.4) is 0 Å². The van der Waals surface area contributed by atoms with E-state index in [-0.39, 0.29) is 0 Å². The van der Waals surface area contributed by atoms with Crippen LogP contribution >= 0.6 is 0 Å². The van der Waals surface area contributed by atoms with E-state index >= 15 is 0 Å². The molecule has 0 atom stereocenters. The summed E-state index contributed by atoms with van der Waals surface area (Å²) in [5.41, 5.74) is -0.335. The summed E-state index contributed by atoms with van der Waals surface area (Å²) in [6, 6.07) is 13.0. The van der Waals surface area contributed by atoms with E-state index in [1.807, 2.05) is 19.0 Å². The minimum Gasteiger partial charge on any atom is -0.363 e. The fourth-order valence-electron chi connectivity index (χ4n) is 2.76. The van der Waals surface area contributed by atoms with Gasteiger partial charge >= 0.3 is 6.18 Å². The number of nitrogens with zero attached hydrogens (tertiary/aromatic N) is 3. The van der Waals surface area contributed by atoms with Gasteiger partial charge in [-0.3, -0.25) is 4.79 Å². The number of halogens is 3. The zero-order chi connectivity index (χ0) is 21.9. The van der Waals surface area contributed by atoms with Crippen LogP contribution in [0.2, 0.25) is 0 Å². The molecule has 3 aromatic rings. The number of hydrogen-bond acceptors (Lipinski definition) is 5. The maximum atomic E-state index is 13.1. The van der Waals surface area contributed by atoms with Crippen molar-refractivity contribution in [2.24, 2.45) is 0 Å². The number of hydrogen-bond donors (Lipinski definition) is 2. The number of anilines is 4. The molecule has 2 N–H and O–H groups in total. The predicted octanol–water partition coefficient (Wildman–Crippen LogP) is 4.87. The van der Waals surface area contributed by atoms with Crippen LogP contribution in [0.1, 0.15) is 21.7 Å². The molecule has 0 unspecified atom stereocenters. The molecule has 156 valence electrons. The van der Waals surface area contributed by atoms with Crippen LogP contribution in [0.4, 0.5) is 36.2 Å². The molecule has 0 bridgehead atoms. The van der Waals surface area contributed by atoms with Gasteiger partial charge in [0, 0.05) is 31.5 Å². The van der Waals surface area contributed by atoms with Gasteiger partial charge in [0.2, 0.25) is 0 Å². The van der Waals surface area contributed by atoms with E-state index in [0.717, 1.165) is 18.0 Å². The topological polar surface area (TPSA) is 70.2 Å². The van der Waals surface area contributed by atoms with Gasteiger partial charge < -0.3 is 15.5 Å². The maximum absolute atomic E-state index is 13.1. The van der Waals surface area contributed by atoms with E-state index in [1.165, 1.54) is 12.1 Å². The van der Waals surface area contributed by atoms with Gasteiger partial charge in [0.15, 0.2) is 0 Å². The molecule has 2 aromatic carbocycles. The SMILES string of the molecule is Cc1nc(Nc2ccc(NC(=O)c3ccccc3C(F)(F)F)cc2)cc(N(C)C)n1. The summed E-state index contributed by atoms with van der Waals surface area (Å²) in [5, 5.41) is 5.64. The summed E-state index contributed by atoms with van der Waals surface area (Å²) in [5.74, 6) is 1.13. The van der Waals surface area contributed by atoms with Gasteiger partial charge in [0.25, 0.3) is 5.91 Å². The Morgan fingerprint density at radius 3 is 2.23 bits per heavy atom. The molecule has 0 aliphatic rings. The lowest BCUT2D eigenvalue weighted by Crippen LogP contribution is -2.18. The molecule has 0 aliphatic carbocycles. The van der Waals surface area contributed by atoms with Crippen molar-refractivity contribution in [2.75, 3.05) is 29.6 Å². The van der Waals surface area contributed by atoms with Crippen molar-refractivity contribution in [3.05, 3.63) is 71.5 Å². The van der Waals surface area contributed by atoms with Crippen molar-refractivity contribution in [1.29, 1.82) is 0 Å². The summed E-state index contributed by atoms with van der Waals surface area (Å²) in [7, 11) is 3.75. The Balaban J connectivity index is 1.74. The largest absolute Gasteiger partial charge is 0.417 e. The molecule has 0 aliphatic heterocycles. The van der Waals surface area contributed by atoms with Gasteiger partial charge in [-0.25, -0.2) is 9.97 Å². The number of rotatable bonds is 5. The van der Waals surface area contributed by atoms with Crippen molar-refractivity contribution in [3.63, 3.8) is 0 Å². The predicted molar refractivity (Wildman–Crippen MR) is 110 cm³/mol. The number of aromatic nitrogens is 2. The molecular weight excluding hydrogens is 395 g/mol. The zero-order valence-corrected chi connectivity index (χ0v) is 16.6. The number of aryl methyl sites for hydroxylation is 1. The third-order valence-corrected chi connectivity index (χ3v) is 4.17. The molecule has 0 radical (unpaired) electrons. The Morgan fingerprint density at radius 1 is 0.967 bits per heavy atom. The first-order valence-electron chi connectivity index (χ1n) is 9.01. The first-order chi connectivity index (χ1) is 14.1. The van der Waals surface area contributed by atoms with E-state index in [0.29, 0.717) is 23.0 Å². The molecule has 1 amide bonds. The fourth-order valence-corrected chi connectivity index (χ4v) is 2.76. The van der Waals surface area contributed by atoms with E-state index in [1.54, 1.807) is 37.3 Å². The molecule has 1 aromatic heterocycles. The molecule has 1 heterocycles. The standard InChI is InChI=1S/C21H20F3N5O/c1-13-25-18(12-19(26-13)29(2)3)27-14-8-10-15(11-9-14)28-20(30)16-6-4-5-7-17(16)21(22,23)24/h4-12H,1-3H3,(H,28,30)(H,25,26,27). The lowest BCUT2D eigenvalue weighted by molar-refractivity contribution is -0.137. The van der Waals surface area contributed by atoms with Crippen molar-refractivity contribution in [1.82, 2.24) is 9.97 Å². The third-order valence-electron chi connectivity index (χ3n) is 4.17. The van der Waals surface area contributed by atoms with Crippen molar-refractivity contribution < 1.29 is 18.0 Å². The number of benzene rings is 2. The Labute approximate surface area is 171 Å². The van der Waals surface area contributed by atoms with Crippen LogP contribution in [0.5, 0.6) is 0 Å². The van der Waals surface area contributed by atoms with Crippen LogP contribution in [-0.2, 0) is 6.18 Å². The third kappa shape index (κ3) is 5.05. The summed E-state index contributed by atoms with van der Waals surface area (Å²) < 4.78 is 39.3. The Morgan fingerprint density at radius 2 is 1.60 bits per heavy atom. The summed E-state index contributed by atoms with van der Waals surface area (Å²) in [4.78, 5) is 22.9. The average Bonchev–Trinajstić information content (AvgIpc) is 2.68. The first-order valence-corrected chi connectivity index (χ1v) is 9.01. The van der Waals surface area contributed by atoms with Crippen molar-refractivity contribution >= 4 is 28.9 Å². The van der Waals surface area contributed by atoms with Gasteiger partial charge in [0.1, 0.15) is 17.5 Å². The molecule has 0 saturated carbocycles. The number of amides is 1. The summed E-state index contributed by atoms with van der Waals surface area (Å²) in [6.45, 7) is 1.79. The maximum Gasteiger partial charge on any atom is 0.417 e. The highest BCUT2D eigenvalue weighted by atomic mass is 19.4. The highest BCUT2D eigenvalue weighted by molar-refractivity contribution is 6.05. The normalized spacial score (nSPS) is 11.1. The molecule has 3 rings (SSSR count). The molecule has 9 heteroatoms. The van der Waals surface area contributed by atoms with E-state index in [9.17, 15) is 18.0 Å². The minimum absolute atomic E-state index is 0.371. The summed E-state index contributed by atoms with van der Waals surface area (Å²) >= 11 is 0.